The van der Waals surface area contributed by atoms with Crippen molar-refractivity contribution < 1.29 is 22.4 Å². The lowest BCUT2D eigenvalue weighted by molar-refractivity contribution is -0.137. The molecule has 1 atom stereocenters. The first kappa shape index (κ1) is 21.8. The van der Waals surface area contributed by atoms with Crippen LogP contribution in [0.5, 0.6) is 0 Å². The standard InChI is InChI=1S/C22H15ClF4N4O/c23-15-5-10-20(28-12-15)31-19(13-1-6-16(24)7-2-13)11-18(30-31)21(32)29-17-8-3-14(4-9-17)22(25,26)27/h1-10,12,19H,11H2,(H,29,32). The zero-order valence-corrected chi connectivity index (χ0v) is 17.0. The minimum Gasteiger partial charge on any atom is -0.321 e. The minimum absolute atomic E-state index is 0.149. The molecule has 0 saturated carbocycles. The summed E-state index contributed by atoms with van der Waals surface area (Å²) in [6, 6.07) is 12.8. The summed E-state index contributed by atoms with van der Waals surface area (Å²) in [6.45, 7) is 0. The first-order valence-electron chi connectivity index (χ1n) is 9.43. The molecule has 2 aromatic carbocycles. The fraction of sp³-hybridized carbons (Fsp3) is 0.136. The summed E-state index contributed by atoms with van der Waals surface area (Å²) in [7, 11) is 0. The minimum atomic E-state index is -4.47. The van der Waals surface area contributed by atoms with Gasteiger partial charge in [-0.1, -0.05) is 23.7 Å². The van der Waals surface area contributed by atoms with Crippen molar-refractivity contribution >= 4 is 34.7 Å². The Bertz CT molecular complexity index is 1150. The number of nitrogens with one attached hydrogen (secondary N) is 1. The molecule has 0 bridgehead atoms. The van der Waals surface area contributed by atoms with Crippen LogP contribution in [0.1, 0.15) is 23.6 Å². The lowest BCUT2D eigenvalue weighted by atomic mass is 10.0. The Labute approximate surface area is 185 Å². The van der Waals surface area contributed by atoms with E-state index < -0.39 is 29.5 Å². The zero-order chi connectivity index (χ0) is 22.9. The number of rotatable bonds is 4. The van der Waals surface area contributed by atoms with Gasteiger partial charge in [0.2, 0.25) is 0 Å². The molecular formula is C22H15ClF4N4O. The molecule has 1 amide bonds. The number of aromatic nitrogens is 1. The van der Waals surface area contributed by atoms with Gasteiger partial charge in [0.15, 0.2) is 0 Å². The van der Waals surface area contributed by atoms with Crippen LogP contribution in [0.15, 0.2) is 72.0 Å². The Morgan fingerprint density at radius 1 is 1.03 bits per heavy atom. The largest absolute Gasteiger partial charge is 0.416 e. The van der Waals surface area contributed by atoms with E-state index >= 15 is 0 Å². The van der Waals surface area contributed by atoms with Crippen molar-refractivity contribution in [3.8, 4) is 0 Å². The number of hydrogen-bond donors (Lipinski definition) is 1. The molecule has 4 rings (SSSR count). The van der Waals surface area contributed by atoms with Crippen molar-refractivity contribution in [3.63, 3.8) is 0 Å². The van der Waals surface area contributed by atoms with E-state index in [0.717, 1.165) is 12.1 Å². The smallest absolute Gasteiger partial charge is 0.321 e. The van der Waals surface area contributed by atoms with E-state index in [4.69, 9.17) is 11.6 Å². The highest BCUT2D eigenvalue weighted by atomic mass is 35.5. The molecule has 0 saturated heterocycles. The summed E-state index contributed by atoms with van der Waals surface area (Å²) in [6.07, 6.45) is -2.84. The second kappa shape index (κ2) is 8.58. The number of carbonyl (C=O) groups is 1. The topological polar surface area (TPSA) is 57.6 Å². The normalized spacial score (nSPS) is 16.1. The third kappa shape index (κ3) is 4.72. The number of amides is 1. The Balaban J connectivity index is 1.58. The van der Waals surface area contributed by atoms with Crippen molar-refractivity contribution in [2.24, 2.45) is 5.10 Å². The van der Waals surface area contributed by atoms with Gasteiger partial charge in [0.25, 0.3) is 5.91 Å². The van der Waals surface area contributed by atoms with Crippen molar-refractivity contribution in [1.29, 1.82) is 0 Å². The number of halogens is 5. The fourth-order valence-corrected chi connectivity index (χ4v) is 3.36. The SMILES string of the molecule is O=C(Nc1ccc(C(F)(F)F)cc1)C1=NN(c2ccc(Cl)cn2)C(c2ccc(F)cc2)C1. The highest BCUT2D eigenvalue weighted by Gasteiger charge is 2.33. The van der Waals surface area contributed by atoms with E-state index in [2.05, 4.69) is 15.4 Å². The van der Waals surface area contributed by atoms with Crippen LogP contribution in [-0.2, 0) is 11.0 Å². The molecule has 1 aliphatic heterocycles. The van der Waals surface area contributed by atoms with Crippen molar-refractivity contribution in [1.82, 2.24) is 4.98 Å². The Hall–Kier alpha value is -3.46. The molecule has 0 fully saturated rings. The summed E-state index contributed by atoms with van der Waals surface area (Å²) in [5.41, 5.74) is 0.248. The molecule has 1 unspecified atom stereocenters. The lowest BCUT2D eigenvalue weighted by Crippen LogP contribution is -2.22. The van der Waals surface area contributed by atoms with Gasteiger partial charge in [0.05, 0.1) is 16.6 Å². The lowest BCUT2D eigenvalue weighted by Gasteiger charge is -2.22. The molecule has 10 heteroatoms. The molecule has 164 valence electrons. The molecule has 1 N–H and O–H groups in total. The van der Waals surface area contributed by atoms with E-state index in [1.165, 1.54) is 35.5 Å². The highest BCUT2D eigenvalue weighted by molar-refractivity contribution is 6.43. The molecule has 1 aliphatic rings. The first-order chi connectivity index (χ1) is 15.2. The highest BCUT2D eigenvalue weighted by Crippen LogP contribution is 2.35. The van der Waals surface area contributed by atoms with Gasteiger partial charge in [-0.3, -0.25) is 4.79 Å². The summed E-state index contributed by atoms with van der Waals surface area (Å²) in [5, 5.41) is 8.90. The summed E-state index contributed by atoms with van der Waals surface area (Å²) < 4.78 is 51.6. The molecule has 0 radical (unpaired) electrons. The van der Waals surface area contributed by atoms with Crippen LogP contribution in [-0.4, -0.2) is 16.6 Å². The number of carbonyl (C=O) groups excluding carboxylic acids is 1. The molecule has 5 nitrogen and oxygen atoms in total. The number of alkyl halides is 3. The van der Waals surface area contributed by atoms with Crippen molar-refractivity contribution in [2.45, 2.75) is 18.6 Å². The predicted octanol–water partition coefficient (Wildman–Crippen LogP) is 5.84. The zero-order valence-electron chi connectivity index (χ0n) is 16.3. The molecule has 0 spiro atoms. The van der Waals surface area contributed by atoms with Gasteiger partial charge in [-0.05, 0) is 54.1 Å². The van der Waals surface area contributed by atoms with Crippen LogP contribution in [0.25, 0.3) is 0 Å². The average Bonchev–Trinajstić information content (AvgIpc) is 3.20. The van der Waals surface area contributed by atoms with E-state index in [0.29, 0.717) is 16.4 Å². The number of hydrogen-bond acceptors (Lipinski definition) is 4. The second-order valence-corrected chi connectivity index (χ2v) is 7.46. The van der Waals surface area contributed by atoms with Crippen LogP contribution in [0.2, 0.25) is 5.02 Å². The van der Waals surface area contributed by atoms with Crippen LogP contribution in [0.3, 0.4) is 0 Å². The van der Waals surface area contributed by atoms with Crippen LogP contribution in [0, 0.1) is 5.82 Å². The van der Waals surface area contributed by atoms with Crippen molar-refractivity contribution in [2.75, 3.05) is 10.3 Å². The summed E-state index contributed by atoms with van der Waals surface area (Å²) >= 11 is 5.90. The molecule has 1 aromatic heterocycles. The van der Waals surface area contributed by atoms with Gasteiger partial charge in [-0.25, -0.2) is 14.4 Å². The van der Waals surface area contributed by atoms with Gasteiger partial charge in [-0.15, -0.1) is 0 Å². The number of anilines is 2. The molecule has 2 heterocycles. The van der Waals surface area contributed by atoms with E-state index in [1.807, 2.05) is 0 Å². The van der Waals surface area contributed by atoms with Gasteiger partial charge in [0.1, 0.15) is 17.3 Å². The number of pyridine rings is 1. The van der Waals surface area contributed by atoms with Crippen LogP contribution < -0.4 is 10.3 Å². The Kier molecular flexibility index (Phi) is 5.84. The monoisotopic (exact) mass is 462 g/mol. The van der Waals surface area contributed by atoms with Gasteiger partial charge >= 0.3 is 6.18 Å². The van der Waals surface area contributed by atoms with Gasteiger partial charge in [-0.2, -0.15) is 18.3 Å². The van der Waals surface area contributed by atoms with Crippen molar-refractivity contribution in [3.05, 3.63) is 88.8 Å². The Morgan fingerprint density at radius 2 is 1.72 bits per heavy atom. The Morgan fingerprint density at radius 3 is 2.31 bits per heavy atom. The van der Waals surface area contributed by atoms with E-state index in [-0.39, 0.29) is 17.8 Å². The third-order valence-electron chi connectivity index (χ3n) is 4.84. The van der Waals surface area contributed by atoms with Crippen LogP contribution >= 0.6 is 11.6 Å². The number of benzene rings is 2. The number of nitrogens with zero attached hydrogens (tertiary/aromatic N) is 3. The third-order valence-corrected chi connectivity index (χ3v) is 5.07. The quantitative estimate of drug-likeness (QED) is 0.496. The number of hydrazone groups is 1. The summed E-state index contributed by atoms with van der Waals surface area (Å²) in [5.74, 6) is -0.529. The van der Waals surface area contributed by atoms with E-state index in [1.54, 1.807) is 24.3 Å². The molecule has 3 aromatic rings. The van der Waals surface area contributed by atoms with E-state index in [9.17, 15) is 22.4 Å². The predicted molar refractivity (Wildman–Crippen MR) is 113 cm³/mol. The molecular weight excluding hydrogens is 448 g/mol. The maximum absolute atomic E-state index is 13.4. The first-order valence-corrected chi connectivity index (χ1v) is 9.81. The maximum Gasteiger partial charge on any atom is 0.416 e. The van der Waals surface area contributed by atoms with Crippen LogP contribution in [0.4, 0.5) is 29.1 Å². The molecule has 0 aliphatic carbocycles. The summed E-state index contributed by atoms with van der Waals surface area (Å²) in [4.78, 5) is 17.0. The fourth-order valence-electron chi connectivity index (χ4n) is 3.25. The second-order valence-electron chi connectivity index (χ2n) is 7.03. The van der Waals surface area contributed by atoms with Gasteiger partial charge in [0, 0.05) is 18.3 Å². The molecule has 32 heavy (non-hydrogen) atoms. The average molecular weight is 463 g/mol. The van der Waals surface area contributed by atoms with Gasteiger partial charge < -0.3 is 5.32 Å². The maximum atomic E-state index is 13.4.